The summed E-state index contributed by atoms with van der Waals surface area (Å²) in [7, 11) is 0. The molecule has 0 radical (unpaired) electrons. The molecule has 0 bridgehead atoms. The Kier molecular flexibility index (Phi) is 1.95. The van der Waals surface area contributed by atoms with Crippen LogP contribution in [-0.4, -0.2) is 36.6 Å². The van der Waals surface area contributed by atoms with Gasteiger partial charge in [-0.1, -0.05) is 0 Å². The van der Waals surface area contributed by atoms with Crippen LogP contribution >= 0.6 is 0 Å². The summed E-state index contributed by atoms with van der Waals surface area (Å²) >= 11 is 0. The lowest BCUT2D eigenvalue weighted by molar-refractivity contribution is -0.142. The van der Waals surface area contributed by atoms with E-state index in [0.29, 0.717) is 0 Å². The van der Waals surface area contributed by atoms with Crippen molar-refractivity contribution < 1.29 is 14.2 Å². The molecule has 2 atom stereocenters. The molecule has 76 valence electrons. The summed E-state index contributed by atoms with van der Waals surface area (Å²) in [4.78, 5) is 0. The molecule has 2 heterocycles. The Morgan fingerprint density at radius 1 is 0.923 bits per heavy atom. The maximum Gasteiger partial charge on any atom is 0.109 e. The normalized spacial score (nSPS) is 33.2. The van der Waals surface area contributed by atoms with Gasteiger partial charge in [0.1, 0.15) is 12.2 Å². The largest absolute Gasteiger partial charge is 0.370 e. The van der Waals surface area contributed by atoms with Crippen molar-refractivity contribution in [2.45, 2.75) is 51.1 Å². The molecule has 2 aliphatic heterocycles. The first-order valence-electron chi connectivity index (χ1n) is 4.85. The molecule has 2 rings (SSSR count). The number of ether oxygens (including phenoxy) is 3. The van der Waals surface area contributed by atoms with Crippen LogP contribution in [0, 0.1) is 0 Å². The van der Waals surface area contributed by atoms with Crippen LogP contribution in [0.15, 0.2) is 0 Å². The lowest BCUT2D eigenvalue weighted by atomic mass is 10.0. The minimum absolute atomic E-state index is 0.185. The van der Waals surface area contributed by atoms with E-state index in [1.54, 1.807) is 0 Å². The molecular formula is C10H18O3. The SMILES string of the molecule is CC(C)(OC(C)(C)C1CO1)C1CO1. The van der Waals surface area contributed by atoms with E-state index in [-0.39, 0.29) is 23.4 Å². The highest BCUT2D eigenvalue weighted by atomic mass is 16.6. The molecule has 0 aliphatic carbocycles. The molecule has 2 fully saturated rings. The summed E-state index contributed by atoms with van der Waals surface area (Å²) in [6, 6.07) is 0. The Bertz CT molecular complexity index is 180. The first-order chi connectivity index (χ1) is 5.92. The molecule has 3 heteroatoms. The van der Waals surface area contributed by atoms with Gasteiger partial charge in [0.25, 0.3) is 0 Å². The Balaban J connectivity index is 1.94. The summed E-state index contributed by atoms with van der Waals surface area (Å²) in [5.41, 5.74) is -0.370. The van der Waals surface area contributed by atoms with Crippen molar-refractivity contribution in [3.8, 4) is 0 Å². The molecule has 0 N–H and O–H groups in total. The summed E-state index contributed by atoms with van der Waals surface area (Å²) in [5, 5.41) is 0. The summed E-state index contributed by atoms with van der Waals surface area (Å²) in [5.74, 6) is 0. The smallest absolute Gasteiger partial charge is 0.109 e. The van der Waals surface area contributed by atoms with Crippen LogP contribution < -0.4 is 0 Å². The second-order valence-corrected chi connectivity index (χ2v) is 4.95. The fraction of sp³-hybridized carbons (Fsp3) is 1.00. The summed E-state index contributed by atoms with van der Waals surface area (Å²) < 4.78 is 16.5. The van der Waals surface area contributed by atoms with Crippen molar-refractivity contribution >= 4 is 0 Å². The predicted molar refractivity (Wildman–Crippen MR) is 48.7 cm³/mol. The van der Waals surface area contributed by atoms with Gasteiger partial charge in [-0.05, 0) is 27.7 Å². The van der Waals surface area contributed by atoms with Gasteiger partial charge in [-0.2, -0.15) is 0 Å². The van der Waals surface area contributed by atoms with Crippen molar-refractivity contribution in [2.24, 2.45) is 0 Å². The molecule has 2 unspecified atom stereocenters. The average molecular weight is 186 g/mol. The van der Waals surface area contributed by atoms with Crippen LogP contribution in [0.25, 0.3) is 0 Å². The first kappa shape index (κ1) is 9.44. The molecular weight excluding hydrogens is 168 g/mol. The van der Waals surface area contributed by atoms with Gasteiger partial charge in [-0.3, -0.25) is 0 Å². The van der Waals surface area contributed by atoms with Crippen molar-refractivity contribution in [3.63, 3.8) is 0 Å². The highest BCUT2D eigenvalue weighted by Crippen LogP contribution is 2.36. The van der Waals surface area contributed by atoms with E-state index in [1.165, 1.54) is 0 Å². The van der Waals surface area contributed by atoms with Crippen LogP contribution in [0.1, 0.15) is 27.7 Å². The Labute approximate surface area is 79.4 Å². The first-order valence-corrected chi connectivity index (χ1v) is 4.85. The van der Waals surface area contributed by atoms with E-state index in [2.05, 4.69) is 27.7 Å². The highest BCUT2D eigenvalue weighted by Gasteiger charge is 2.49. The van der Waals surface area contributed by atoms with Gasteiger partial charge in [-0.25, -0.2) is 0 Å². The van der Waals surface area contributed by atoms with Crippen LogP contribution in [-0.2, 0) is 14.2 Å². The monoisotopic (exact) mass is 186 g/mol. The maximum absolute atomic E-state index is 6.02. The topological polar surface area (TPSA) is 34.3 Å². The lowest BCUT2D eigenvalue weighted by Gasteiger charge is -2.34. The van der Waals surface area contributed by atoms with Crippen molar-refractivity contribution in [1.82, 2.24) is 0 Å². The van der Waals surface area contributed by atoms with Gasteiger partial charge >= 0.3 is 0 Å². The van der Waals surface area contributed by atoms with Crippen LogP contribution in [0.4, 0.5) is 0 Å². The molecule has 0 aromatic heterocycles. The zero-order valence-electron chi connectivity index (χ0n) is 8.79. The van der Waals surface area contributed by atoms with Crippen molar-refractivity contribution in [2.75, 3.05) is 13.2 Å². The quantitative estimate of drug-likeness (QED) is 0.622. The van der Waals surface area contributed by atoms with Gasteiger partial charge in [-0.15, -0.1) is 0 Å². The van der Waals surface area contributed by atoms with E-state index >= 15 is 0 Å². The maximum atomic E-state index is 6.02. The minimum atomic E-state index is -0.185. The van der Waals surface area contributed by atoms with Crippen molar-refractivity contribution in [1.29, 1.82) is 0 Å². The molecule has 3 nitrogen and oxygen atoms in total. The third-order valence-electron chi connectivity index (χ3n) is 2.74. The van der Waals surface area contributed by atoms with Crippen molar-refractivity contribution in [3.05, 3.63) is 0 Å². The highest BCUT2D eigenvalue weighted by molar-refractivity contribution is 4.95. The molecule has 13 heavy (non-hydrogen) atoms. The third kappa shape index (κ3) is 2.03. The van der Waals surface area contributed by atoms with E-state index < -0.39 is 0 Å². The van der Waals surface area contributed by atoms with E-state index in [4.69, 9.17) is 14.2 Å². The predicted octanol–water partition coefficient (Wildman–Crippen LogP) is 1.36. The molecule has 0 amide bonds. The molecule has 0 saturated carbocycles. The molecule has 2 aliphatic rings. The average Bonchev–Trinajstić information content (AvgIpc) is 2.81. The molecule has 2 saturated heterocycles. The Morgan fingerprint density at radius 3 is 1.46 bits per heavy atom. The van der Waals surface area contributed by atoms with Gasteiger partial charge < -0.3 is 14.2 Å². The fourth-order valence-electron chi connectivity index (χ4n) is 1.71. The number of rotatable bonds is 4. The van der Waals surface area contributed by atoms with Gasteiger partial charge in [0.2, 0.25) is 0 Å². The standard InChI is InChI=1S/C10H18O3/c1-9(2,7-5-11-7)13-10(3,4)8-6-12-8/h7-8H,5-6H2,1-4H3. The van der Waals surface area contributed by atoms with E-state index in [1.807, 2.05) is 0 Å². The number of hydrogen-bond acceptors (Lipinski definition) is 3. The van der Waals surface area contributed by atoms with Crippen LogP contribution in [0.3, 0.4) is 0 Å². The number of epoxide rings is 2. The van der Waals surface area contributed by atoms with E-state index in [9.17, 15) is 0 Å². The minimum Gasteiger partial charge on any atom is -0.370 e. The van der Waals surface area contributed by atoms with Gasteiger partial charge in [0.05, 0.1) is 24.4 Å². The lowest BCUT2D eigenvalue weighted by Crippen LogP contribution is -2.44. The second kappa shape index (κ2) is 2.69. The second-order valence-electron chi connectivity index (χ2n) is 4.95. The fourth-order valence-corrected chi connectivity index (χ4v) is 1.71. The molecule has 0 aromatic rings. The number of hydrogen-bond donors (Lipinski definition) is 0. The Hall–Kier alpha value is -0.120. The summed E-state index contributed by atoms with van der Waals surface area (Å²) in [6.45, 7) is 9.97. The molecule has 0 aromatic carbocycles. The van der Waals surface area contributed by atoms with Crippen LogP contribution in [0.2, 0.25) is 0 Å². The third-order valence-corrected chi connectivity index (χ3v) is 2.74. The Morgan fingerprint density at radius 2 is 1.23 bits per heavy atom. The van der Waals surface area contributed by atoms with Gasteiger partial charge in [0, 0.05) is 0 Å². The zero-order valence-corrected chi connectivity index (χ0v) is 8.79. The van der Waals surface area contributed by atoms with E-state index in [0.717, 1.165) is 13.2 Å². The van der Waals surface area contributed by atoms with Gasteiger partial charge in [0.15, 0.2) is 0 Å². The summed E-state index contributed by atoms with van der Waals surface area (Å²) in [6.07, 6.45) is 0.538. The molecule has 0 spiro atoms. The van der Waals surface area contributed by atoms with Crippen LogP contribution in [0.5, 0.6) is 0 Å². The zero-order chi connectivity index (χ0) is 9.69.